The number of nitrogens with one attached hydrogen (secondary N) is 1. The predicted molar refractivity (Wildman–Crippen MR) is 62.3 cm³/mol. The summed E-state index contributed by atoms with van der Waals surface area (Å²) < 4.78 is 5.09. The number of hydrogen-bond acceptors (Lipinski definition) is 3. The lowest BCUT2D eigenvalue weighted by molar-refractivity contribution is 0.0996. The Balaban J connectivity index is 2.21. The lowest BCUT2D eigenvalue weighted by Crippen LogP contribution is -2.13. The van der Waals surface area contributed by atoms with Crippen molar-refractivity contribution in [2.24, 2.45) is 0 Å². The van der Waals surface area contributed by atoms with Gasteiger partial charge in [-0.05, 0) is 25.1 Å². The molecule has 16 heavy (non-hydrogen) atoms. The van der Waals surface area contributed by atoms with E-state index in [4.69, 9.17) is 10.2 Å². The molecule has 1 aromatic heterocycles. The van der Waals surface area contributed by atoms with Gasteiger partial charge in [-0.15, -0.1) is 0 Å². The summed E-state index contributed by atoms with van der Waals surface area (Å²) >= 11 is 0. The van der Waals surface area contributed by atoms with Crippen LogP contribution >= 0.6 is 0 Å². The molecule has 0 aliphatic heterocycles. The maximum atomic E-state index is 11.8. The topological polar surface area (TPSA) is 68.3 Å². The predicted octanol–water partition coefficient (Wildman–Crippen LogP) is 2.42. The summed E-state index contributed by atoms with van der Waals surface area (Å²) in [7, 11) is 0. The van der Waals surface area contributed by atoms with E-state index in [-0.39, 0.29) is 5.91 Å². The van der Waals surface area contributed by atoms with E-state index in [1.165, 1.54) is 6.26 Å². The van der Waals surface area contributed by atoms with Crippen molar-refractivity contribution < 1.29 is 9.21 Å². The number of furan rings is 1. The van der Waals surface area contributed by atoms with E-state index in [1.807, 2.05) is 13.0 Å². The molecule has 1 aromatic carbocycles. The summed E-state index contributed by atoms with van der Waals surface area (Å²) in [6.07, 6.45) is 1.48. The maximum absolute atomic E-state index is 11.8. The molecule has 2 aromatic rings. The molecule has 1 amide bonds. The lowest BCUT2D eigenvalue weighted by Gasteiger charge is -2.06. The highest BCUT2D eigenvalue weighted by Crippen LogP contribution is 2.18. The van der Waals surface area contributed by atoms with E-state index in [0.29, 0.717) is 17.1 Å². The Morgan fingerprint density at radius 3 is 2.69 bits per heavy atom. The molecule has 0 bridgehead atoms. The molecule has 0 fully saturated rings. The van der Waals surface area contributed by atoms with Gasteiger partial charge in [0.2, 0.25) is 0 Å². The first kappa shape index (κ1) is 10.3. The number of benzene rings is 1. The van der Waals surface area contributed by atoms with Gasteiger partial charge in [-0.3, -0.25) is 4.79 Å². The van der Waals surface area contributed by atoms with Crippen LogP contribution in [0.15, 0.2) is 41.0 Å². The van der Waals surface area contributed by atoms with Gasteiger partial charge in [0.1, 0.15) is 0 Å². The summed E-state index contributed by atoms with van der Waals surface area (Å²) in [6, 6.07) is 8.82. The van der Waals surface area contributed by atoms with Crippen LogP contribution in [0.3, 0.4) is 0 Å². The molecule has 2 rings (SSSR count). The molecule has 0 spiro atoms. The number of rotatable bonds is 2. The van der Waals surface area contributed by atoms with Crippen LogP contribution in [0.25, 0.3) is 0 Å². The summed E-state index contributed by atoms with van der Waals surface area (Å²) in [5, 5.41) is 2.70. The average molecular weight is 216 g/mol. The fraction of sp³-hybridized carbons (Fsp3) is 0.0833. The quantitative estimate of drug-likeness (QED) is 0.757. The average Bonchev–Trinajstić information content (AvgIpc) is 2.68. The highest BCUT2D eigenvalue weighted by Gasteiger charge is 2.13. The van der Waals surface area contributed by atoms with Gasteiger partial charge in [0.15, 0.2) is 5.76 Å². The van der Waals surface area contributed by atoms with E-state index in [0.717, 1.165) is 5.56 Å². The summed E-state index contributed by atoms with van der Waals surface area (Å²) in [5.41, 5.74) is 7.63. The number of carbonyl (C=O) groups is 1. The van der Waals surface area contributed by atoms with Crippen LogP contribution in [0.5, 0.6) is 0 Å². The number of aryl methyl sites for hydroxylation is 1. The molecule has 0 atom stereocenters. The van der Waals surface area contributed by atoms with Gasteiger partial charge < -0.3 is 15.5 Å². The third-order valence-electron chi connectivity index (χ3n) is 2.28. The molecule has 4 nitrogen and oxygen atoms in total. The number of hydrogen-bond donors (Lipinski definition) is 2. The van der Waals surface area contributed by atoms with Crippen LogP contribution in [0, 0.1) is 6.92 Å². The van der Waals surface area contributed by atoms with E-state index in [1.54, 1.807) is 24.3 Å². The molecule has 0 aliphatic rings. The minimum Gasteiger partial charge on any atom is -0.459 e. The molecule has 3 N–H and O–H groups in total. The second-order valence-electron chi connectivity index (χ2n) is 3.47. The minimum absolute atomic E-state index is 0.291. The van der Waals surface area contributed by atoms with Gasteiger partial charge in [0.05, 0.1) is 17.6 Å². The molecule has 4 heteroatoms. The van der Waals surface area contributed by atoms with Crippen molar-refractivity contribution in [3.8, 4) is 0 Å². The molecular formula is C12H12N2O2. The van der Waals surface area contributed by atoms with Crippen molar-refractivity contribution in [1.29, 1.82) is 0 Å². The third kappa shape index (κ3) is 1.91. The lowest BCUT2D eigenvalue weighted by atomic mass is 10.2. The van der Waals surface area contributed by atoms with Crippen LogP contribution < -0.4 is 11.1 Å². The van der Waals surface area contributed by atoms with Crippen LogP contribution in [0.4, 0.5) is 11.4 Å². The third-order valence-corrected chi connectivity index (χ3v) is 2.28. The van der Waals surface area contributed by atoms with Crippen molar-refractivity contribution in [3.05, 3.63) is 47.9 Å². The van der Waals surface area contributed by atoms with Crippen molar-refractivity contribution in [3.63, 3.8) is 0 Å². The van der Waals surface area contributed by atoms with Crippen LogP contribution in [0.2, 0.25) is 0 Å². The first-order valence-electron chi connectivity index (χ1n) is 4.88. The highest BCUT2D eigenvalue weighted by molar-refractivity contribution is 6.04. The van der Waals surface area contributed by atoms with Gasteiger partial charge in [0, 0.05) is 5.56 Å². The number of amides is 1. The van der Waals surface area contributed by atoms with Gasteiger partial charge in [0.25, 0.3) is 5.91 Å². The van der Waals surface area contributed by atoms with Gasteiger partial charge >= 0.3 is 0 Å². The number of nitrogens with two attached hydrogens (primary N) is 1. The molecule has 0 saturated heterocycles. The maximum Gasteiger partial charge on any atom is 0.291 e. The van der Waals surface area contributed by atoms with Crippen LogP contribution in [-0.2, 0) is 0 Å². The van der Waals surface area contributed by atoms with E-state index < -0.39 is 0 Å². The zero-order valence-corrected chi connectivity index (χ0v) is 8.86. The van der Waals surface area contributed by atoms with Crippen LogP contribution in [0.1, 0.15) is 16.1 Å². The van der Waals surface area contributed by atoms with Gasteiger partial charge in [-0.1, -0.05) is 12.1 Å². The zero-order valence-electron chi connectivity index (χ0n) is 8.86. The second-order valence-corrected chi connectivity index (χ2v) is 3.47. The largest absolute Gasteiger partial charge is 0.459 e. The number of nitrogen functional groups attached to an aromatic ring is 1. The zero-order chi connectivity index (χ0) is 11.5. The molecule has 0 radical (unpaired) electrons. The smallest absolute Gasteiger partial charge is 0.291 e. The van der Waals surface area contributed by atoms with E-state index >= 15 is 0 Å². The van der Waals surface area contributed by atoms with Crippen molar-refractivity contribution >= 4 is 17.3 Å². The molecular weight excluding hydrogens is 204 g/mol. The van der Waals surface area contributed by atoms with Crippen molar-refractivity contribution in [2.45, 2.75) is 6.92 Å². The Morgan fingerprint density at radius 2 is 2.06 bits per heavy atom. The molecule has 82 valence electrons. The Labute approximate surface area is 93.1 Å². The summed E-state index contributed by atoms with van der Waals surface area (Å²) in [4.78, 5) is 11.8. The van der Waals surface area contributed by atoms with Crippen molar-refractivity contribution in [1.82, 2.24) is 0 Å². The highest BCUT2D eigenvalue weighted by atomic mass is 16.3. The minimum atomic E-state index is -0.291. The molecule has 1 heterocycles. The number of para-hydroxylation sites is 2. The fourth-order valence-corrected chi connectivity index (χ4v) is 1.40. The standard InChI is InChI=1S/C12H12N2O2/c1-8-6-7-16-11(8)12(15)14-10-5-3-2-4-9(10)13/h2-7H,13H2,1H3,(H,14,15). The SMILES string of the molecule is Cc1ccoc1C(=O)Nc1ccccc1N. The molecule has 0 unspecified atom stereocenters. The Hall–Kier alpha value is -2.23. The van der Waals surface area contributed by atoms with E-state index in [9.17, 15) is 4.79 Å². The summed E-state index contributed by atoms with van der Waals surface area (Å²) in [5.74, 6) is 0.0173. The van der Waals surface area contributed by atoms with Crippen molar-refractivity contribution in [2.75, 3.05) is 11.1 Å². The Kier molecular flexibility index (Phi) is 2.64. The first-order valence-corrected chi connectivity index (χ1v) is 4.88. The number of carbonyl (C=O) groups excluding carboxylic acids is 1. The Bertz CT molecular complexity index is 517. The second kappa shape index (κ2) is 4.10. The van der Waals surface area contributed by atoms with Crippen LogP contribution in [-0.4, -0.2) is 5.91 Å². The normalized spacial score (nSPS) is 10.1. The summed E-state index contributed by atoms with van der Waals surface area (Å²) in [6.45, 7) is 1.81. The monoisotopic (exact) mass is 216 g/mol. The first-order chi connectivity index (χ1) is 7.68. The fourth-order valence-electron chi connectivity index (χ4n) is 1.40. The van der Waals surface area contributed by atoms with Gasteiger partial charge in [-0.25, -0.2) is 0 Å². The molecule has 0 saturated carbocycles. The number of anilines is 2. The van der Waals surface area contributed by atoms with Gasteiger partial charge in [-0.2, -0.15) is 0 Å². The molecule has 0 aliphatic carbocycles. The Morgan fingerprint density at radius 1 is 1.31 bits per heavy atom. The van der Waals surface area contributed by atoms with E-state index in [2.05, 4.69) is 5.32 Å².